The highest BCUT2D eigenvalue weighted by atomic mass is 15.1. The van der Waals surface area contributed by atoms with Crippen LogP contribution in [-0.4, -0.2) is 28.0 Å². The molecule has 0 spiro atoms. The molecule has 0 bridgehead atoms. The summed E-state index contributed by atoms with van der Waals surface area (Å²) in [5, 5.41) is 0. The summed E-state index contributed by atoms with van der Waals surface area (Å²) >= 11 is 0. The molecule has 0 atom stereocenters. The minimum Gasteiger partial charge on any atom is -0.370 e. The molecular formula is C15H20N4. The van der Waals surface area contributed by atoms with Crippen LogP contribution in [0.15, 0.2) is 18.5 Å². The lowest BCUT2D eigenvalue weighted by atomic mass is 10.1. The summed E-state index contributed by atoms with van der Waals surface area (Å²) in [5.74, 6) is 0.399. The minimum atomic E-state index is 0.399. The zero-order chi connectivity index (χ0) is 13.2. The molecule has 3 heterocycles. The molecule has 0 unspecified atom stereocenters. The van der Waals surface area contributed by atoms with Gasteiger partial charge in [-0.3, -0.25) is 0 Å². The number of rotatable bonds is 2. The molecule has 4 nitrogen and oxygen atoms in total. The second-order valence-electron chi connectivity index (χ2n) is 5.53. The maximum atomic E-state index is 4.68. The van der Waals surface area contributed by atoms with E-state index >= 15 is 0 Å². The summed E-state index contributed by atoms with van der Waals surface area (Å²) in [5.41, 5.74) is 3.87. The first kappa shape index (κ1) is 12.3. The maximum Gasteiger partial charge on any atom is 0.178 e. The van der Waals surface area contributed by atoms with Crippen LogP contribution in [0.4, 0.5) is 5.69 Å². The zero-order valence-electron chi connectivity index (χ0n) is 11.6. The van der Waals surface area contributed by atoms with Crippen molar-refractivity contribution in [2.75, 3.05) is 18.0 Å². The lowest BCUT2D eigenvalue weighted by Crippen LogP contribution is -2.29. The van der Waals surface area contributed by atoms with Crippen molar-refractivity contribution in [3.05, 3.63) is 24.2 Å². The number of fused-ring (bicyclic) bond motifs is 1. The molecule has 0 aromatic carbocycles. The average Bonchev–Trinajstić information content (AvgIpc) is 2.47. The van der Waals surface area contributed by atoms with Crippen LogP contribution in [0.2, 0.25) is 0 Å². The Labute approximate surface area is 113 Å². The molecule has 19 heavy (non-hydrogen) atoms. The van der Waals surface area contributed by atoms with Crippen molar-refractivity contribution in [2.45, 2.75) is 39.0 Å². The van der Waals surface area contributed by atoms with Gasteiger partial charge in [0.25, 0.3) is 0 Å². The van der Waals surface area contributed by atoms with Crippen LogP contribution in [-0.2, 0) is 0 Å². The topological polar surface area (TPSA) is 41.9 Å². The van der Waals surface area contributed by atoms with Gasteiger partial charge >= 0.3 is 0 Å². The molecule has 1 saturated heterocycles. The van der Waals surface area contributed by atoms with Crippen molar-refractivity contribution in [1.29, 1.82) is 0 Å². The highest BCUT2D eigenvalue weighted by Crippen LogP contribution is 2.22. The number of piperidine rings is 1. The average molecular weight is 256 g/mol. The molecule has 1 fully saturated rings. The third-order valence-corrected chi connectivity index (χ3v) is 3.71. The molecule has 0 N–H and O–H groups in total. The van der Waals surface area contributed by atoms with Gasteiger partial charge in [0, 0.05) is 13.1 Å². The van der Waals surface area contributed by atoms with Gasteiger partial charge in [0.1, 0.15) is 5.52 Å². The molecular weight excluding hydrogens is 236 g/mol. The van der Waals surface area contributed by atoms with Crippen LogP contribution >= 0.6 is 0 Å². The highest BCUT2D eigenvalue weighted by Gasteiger charge is 2.13. The first-order chi connectivity index (χ1) is 9.24. The van der Waals surface area contributed by atoms with E-state index in [0.29, 0.717) is 5.92 Å². The van der Waals surface area contributed by atoms with E-state index in [0.717, 1.165) is 29.9 Å². The Morgan fingerprint density at radius 3 is 2.53 bits per heavy atom. The van der Waals surface area contributed by atoms with Gasteiger partial charge in [-0.05, 0) is 31.2 Å². The number of nitrogens with zero attached hydrogens (tertiary/aromatic N) is 4. The molecule has 2 aromatic rings. The minimum absolute atomic E-state index is 0.399. The number of hydrogen-bond donors (Lipinski definition) is 0. The van der Waals surface area contributed by atoms with Crippen LogP contribution in [0, 0.1) is 0 Å². The van der Waals surface area contributed by atoms with E-state index in [1.165, 1.54) is 24.9 Å². The monoisotopic (exact) mass is 256 g/mol. The quantitative estimate of drug-likeness (QED) is 0.827. The van der Waals surface area contributed by atoms with E-state index < -0.39 is 0 Å². The number of pyridine rings is 1. The molecule has 2 aromatic heterocycles. The van der Waals surface area contributed by atoms with Crippen molar-refractivity contribution in [2.24, 2.45) is 0 Å². The van der Waals surface area contributed by atoms with Crippen LogP contribution in [0.3, 0.4) is 0 Å². The largest absolute Gasteiger partial charge is 0.370 e. The Morgan fingerprint density at radius 2 is 1.79 bits per heavy atom. The van der Waals surface area contributed by atoms with E-state index in [2.05, 4.69) is 39.8 Å². The molecule has 0 aliphatic carbocycles. The van der Waals surface area contributed by atoms with Crippen molar-refractivity contribution in [3.63, 3.8) is 0 Å². The van der Waals surface area contributed by atoms with Gasteiger partial charge in [0.05, 0.1) is 23.8 Å². The Balaban J connectivity index is 1.98. The predicted octanol–water partition coefficient (Wildman–Crippen LogP) is 3.14. The predicted molar refractivity (Wildman–Crippen MR) is 77.5 cm³/mol. The first-order valence-corrected chi connectivity index (χ1v) is 7.11. The molecule has 0 radical (unpaired) electrons. The van der Waals surface area contributed by atoms with E-state index in [1.807, 2.05) is 12.4 Å². The van der Waals surface area contributed by atoms with Gasteiger partial charge in [-0.1, -0.05) is 13.8 Å². The third kappa shape index (κ3) is 2.53. The fourth-order valence-corrected chi connectivity index (χ4v) is 2.52. The lowest BCUT2D eigenvalue weighted by Gasteiger charge is -2.28. The number of anilines is 1. The first-order valence-electron chi connectivity index (χ1n) is 7.11. The van der Waals surface area contributed by atoms with Gasteiger partial charge in [-0.15, -0.1) is 0 Å². The molecule has 1 aliphatic heterocycles. The Bertz CT molecular complexity index is 573. The summed E-state index contributed by atoms with van der Waals surface area (Å²) < 4.78 is 0. The SMILES string of the molecule is CC(C)c1cnc2ncc(N3CCCCC3)cc2n1. The molecule has 1 aliphatic rings. The van der Waals surface area contributed by atoms with Gasteiger partial charge in [0.2, 0.25) is 0 Å². The van der Waals surface area contributed by atoms with Crippen LogP contribution < -0.4 is 4.90 Å². The maximum absolute atomic E-state index is 4.68. The van der Waals surface area contributed by atoms with Crippen molar-refractivity contribution >= 4 is 16.9 Å². The van der Waals surface area contributed by atoms with Crippen LogP contribution in [0.5, 0.6) is 0 Å². The molecule has 3 rings (SSSR count). The van der Waals surface area contributed by atoms with Gasteiger partial charge in [0.15, 0.2) is 5.65 Å². The Morgan fingerprint density at radius 1 is 1.05 bits per heavy atom. The van der Waals surface area contributed by atoms with Gasteiger partial charge in [-0.2, -0.15) is 0 Å². The molecule has 0 amide bonds. The highest BCUT2D eigenvalue weighted by molar-refractivity contribution is 5.74. The Kier molecular flexibility index (Phi) is 3.32. The van der Waals surface area contributed by atoms with Crippen molar-refractivity contribution in [3.8, 4) is 0 Å². The Hall–Kier alpha value is -1.71. The van der Waals surface area contributed by atoms with Crippen molar-refractivity contribution in [1.82, 2.24) is 15.0 Å². The summed E-state index contributed by atoms with van der Waals surface area (Å²) in [6.07, 6.45) is 7.65. The summed E-state index contributed by atoms with van der Waals surface area (Å²) in [6, 6.07) is 2.13. The standard InChI is InChI=1S/C15H20N4/c1-11(2)14-10-17-15-13(18-14)8-12(9-16-15)19-6-4-3-5-7-19/h8-11H,3-7H2,1-2H3. The second kappa shape index (κ2) is 5.11. The van der Waals surface area contributed by atoms with Crippen LogP contribution in [0.1, 0.15) is 44.7 Å². The van der Waals surface area contributed by atoms with E-state index in [4.69, 9.17) is 0 Å². The summed E-state index contributed by atoms with van der Waals surface area (Å²) in [7, 11) is 0. The second-order valence-corrected chi connectivity index (χ2v) is 5.53. The number of hydrogen-bond acceptors (Lipinski definition) is 4. The summed E-state index contributed by atoms with van der Waals surface area (Å²) in [4.78, 5) is 15.9. The van der Waals surface area contributed by atoms with Crippen molar-refractivity contribution < 1.29 is 0 Å². The molecule has 4 heteroatoms. The fourth-order valence-electron chi connectivity index (χ4n) is 2.52. The lowest BCUT2D eigenvalue weighted by molar-refractivity contribution is 0.577. The van der Waals surface area contributed by atoms with E-state index in [-0.39, 0.29) is 0 Å². The van der Waals surface area contributed by atoms with Crippen LogP contribution in [0.25, 0.3) is 11.2 Å². The third-order valence-electron chi connectivity index (χ3n) is 3.71. The fraction of sp³-hybridized carbons (Fsp3) is 0.533. The van der Waals surface area contributed by atoms with Gasteiger partial charge < -0.3 is 4.90 Å². The molecule has 100 valence electrons. The number of aromatic nitrogens is 3. The summed E-state index contributed by atoms with van der Waals surface area (Å²) in [6.45, 7) is 6.53. The smallest absolute Gasteiger partial charge is 0.178 e. The van der Waals surface area contributed by atoms with E-state index in [1.54, 1.807) is 0 Å². The van der Waals surface area contributed by atoms with E-state index in [9.17, 15) is 0 Å². The molecule has 0 saturated carbocycles. The normalized spacial score (nSPS) is 16.3. The zero-order valence-corrected chi connectivity index (χ0v) is 11.6. The van der Waals surface area contributed by atoms with Gasteiger partial charge in [-0.25, -0.2) is 15.0 Å².